The van der Waals surface area contributed by atoms with Crippen LogP contribution in [0.4, 0.5) is 11.4 Å². The topological polar surface area (TPSA) is 47.7 Å². The molecule has 2 N–H and O–H groups in total. The summed E-state index contributed by atoms with van der Waals surface area (Å²) in [5.74, 6) is 0. The highest BCUT2D eigenvalue weighted by molar-refractivity contribution is 5.61. The van der Waals surface area contributed by atoms with Crippen molar-refractivity contribution >= 4 is 11.4 Å². The molecule has 1 saturated heterocycles. The van der Waals surface area contributed by atoms with Crippen molar-refractivity contribution in [2.24, 2.45) is 0 Å². The van der Waals surface area contributed by atoms with E-state index in [0.717, 1.165) is 44.8 Å². The number of benzene rings is 1. The lowest BCUT2D eigenvalue weighted by atomic mass is 10.0. The van der Waals surface area contributed by atoms with Crippen LogP contribution >= 0.6 is 0 Å². The Morgan fingerprint density at radius 1 is 1.30 bits per heavy atom. The van der Waals surface area contributed by atoms with Crippen molar-refractivity contribution in [1.29, 1.82) is 0 Å². The number of hydrogen-bond donors (Lipinski definition) is 1. The summed E-state index contributed by atoms with van der Waals surface area (Å²) in [6.45, 7) is 3.60. The summed E-state index contributed by atoms with van der Waals surface area (Å²) in [6, 6.07) is 6.23. The number of nitrogen functional groups attached to an aromatic ring is 1. The van der Waals surface area contributed by atoms with Gasteiger partial charge in [-0.1, -0.05) is 0 Å². The third-order valence-corrected chi connectivity index (χ3v) is 4.12. The minimum atomic E-state index is 0.0134. The first kappa shape index (κ1) is 13.7. The molecule has 0 aliphatic carbocycles. The summed E-state index contributed by atoms with van der Waals surface area (Å²) in [6.07, 6.45) is 5.75. The fourth-order valence-corrected chi connectivity index (χ4v) is 3.06. The highest BCUT2D eigenvalue weighted by Crippen LogP contribution is 2.28. The Morgan fingerprint density at radius 2 is 2.25 bits per heavy atom. The lowest BCUT2D eigenvalue weighted by Gasteiger charge is -2.32. The molecule has 0 saturated carbocycles. The van der Waals surface area contributed by atoms with Gasteiger partial charge in [-0.05, 0) is 55.9 Å². The molecule has 2 heterocycles. The van der Waals surface area contributed by atoms with Gasteiger partial charge in [-0.2, -0.15) is 0 Å². The number of rotatable bonds is 4. The first-order valence-corrected chi connectivity index (χ1v) is 7.69. The summed E-state index contributed by atoms with van der Waals surface area (Å²) >= 11 is 0. The molecule has 0 radical (unpaired) electrons. The highest BCUT2D eigenvalue weighted by atomic mass is 16.7. The van der Waals surface area contributed by atoms with Crippen molar-refractivity contribution in [2.75, 3.05) is 36.9 Å². The second-order valence-corrected chi connectivity index (χ2v) is 5.65. The van der Waals surface area contributed by atoms with Gasteiger partial charge >= 0.3 is 0 Å². The van der Waals surface area contributed by atoms with Gasteiger partial charge in [0, 0.05) is 31.1 Å². The number of fused-ring (bicyclic) bond motifs is 1. The number of nitrogens with two attached hydrogens (primary N) is 1. The number of ether oxygens (including phenoxy) is 2. The quantitative estimate of drug-likeness (QED) is 0.859. The number of anilines is 2. The molecule has 1 atom stereocenters. The molecule has 4 heteroatoms. The Kier molecular flexibility index (Phi) is 4.43. The third kappa shape index (κ3) is 3.25. The summed E-state index contributed by atoms with van der Waals surface area (Å²) in [4.78, 5) is 2.40. The molecule has 0 bridgehead atoms. The van der Waals surface area contributed by atoms with Gasteiger partial charge in [0.05, 0.1) is 6.61 Å². The second kappa shape index (κ2) is 6.46. The number of nitrogens with zero attached hydrogens (tertiary/aromatic N) is 1. The van der Waals surface area contributed by atoms with E-state index in [9.17, 15) is 0 Å². The Hall–Kier alpha value is -1.26. The summed E-state index contributed by atoms with van der Waals surface area (Å²) in [7, 11) is 0. The fourth-order valence-electron chi connectivity index (χ4n) is 3.06. The maximum absolute atomic E-state index is 5.87. The molecule has 1 aromatic carbocycles. The molecule has 1 fully saturated rings. The van der Waals surface area contributed by atoms with E-state index in [0.29, 0.717) is 0 Å². The molecule has 4 nitrogen and oxygen atoms in total. The Morgan fingerprint density at radius 3 is 3.10 bits per heavy atom. The van der Waals surface area contributed by atoms with E-state index in [-0.39, 0.29) is 6.29 Å². The Balaban J connectivity index is 1.53. The van der Waals surface area contributed by atoms with Crippen LogP contribution < -0.4 is 10.6 Å². The molecule has 1 aromatic rings. The van der Waals surface area contributed by atoms with Crippen LogP contribution in [0.25, 0.3) is 0 Å². The minimum Gasteiger partial charge on any atom is -0.399 e. The average molecular weight is 276 g/mol. The highest BCUT2D eigenvalue weighted by Gasteiger charge is 2.18. The monoisotopic (exact) mass is 276 g/mol. The Bertz CT molecular complexity index is 444. The van der Waals surface area contributed by atoms with E-state index in [2.05, 4.69) is 17.0 Å². The first-order chi connectivity index (χ1) is 9.83. The summed E-state index contributed by atoms with van der Waals surface area (Å²) in [5, 5.41) is 0. The zero-order valence-electron chi connectivity index (χ0n) is 12.0. The molecule has 0 spiro atoms. The van der Waals surface area contributed by atoms with E-state index < -0.39 is 0 Å². The minimum absolute atomic E-state index is 0.0134. The van der Waals surface area contributed by atoms with Gasteiger partial charge in [0.25, 0.3) is 0 Å². The molecular formula is C16H24N2O2. The molecule has 20 heavy (non-hydrogen) atoms. The van der Waals surface area contributed by atoms with E-state index in [1.54, 1.807) is 0 Å². The summed E-state index contributed by atoms with van der Waals surface area (Å²) in [5.41, 5.74) is 9.41. The molecule has 2 aliphatic heterocycles. The number of aryl methyl sites for hydroxylation is 1. The predicted octanol–water partition coefficient (Wildman–Crippen LogP) is 2.56. The predicted molar refractivity (Wildman–Crippen MR) is 80.9 cm³/mol. The van der Waals surface area contributed by atoms with E-state index in [1.165, 1.54) is 30.5 Å². The lowest BCUT2D eigenvalue weighted by molar-refractivity contribution is -0.160. The zero-order valence-corrected chi connectivity index (χ0v) is 12.0. The molecule has 0 aromatic heterocycles. The van der Waals surface area contributed by atoms with Gasteiger partial charge in [-0.25, -0.2) is 0 Å². The molecular weight excluding hydrogens is 252 g/mol. The SMILES string of the molecule is Nc1ccc2c(c1)CCCN2CCOC1CCCCO1. The van der Waals surface area contributed by atoms with Crippen LogP contribution in [0.5, 0.6) is 0 Å². The first-order valence-electron chi connectivity index (χ1n) is 7.69. The standard InChI is InChI=1S/C16H24N2O2/c17-14-6-7-15-13(12-14)4-3-8-18(15)9-11-20-16-5-1-2-10-19-16/h6-7,12,16H,1-5,8-11,17H2. The molecule has 1 unspecified atom stereocenters. The fraction of sp³-hybridized carbons (Fsp3) is 0.625. The second-order valence-electron chi connectivity index (χ2n) is 5.65. The van der Waals surface area contributed by atoms with Crippen molar-refractivity contribution in [3.8, 4) is 0 Å². The van der Waals surface area contributed by atoms with E-state index in [4.69, 9.17) is 15.2 Å². The molecule has 110 valence electrons. The van der Waals surface area contributed by atoms with Crippen molar-refractivity contribution in [1.82, 2.24) is 0 Å². The van der Waals surface area contributed by atoms with Crippen LogP contribution in [0, 0.1) is 0 Å². The third-order valence-electron chi connectivity index (χ3n) is 4.12. The van der Waals surface area contributed by atoms with Gasteiger partial charge in [0.1, 0.15) is 0 Å². The molecule has 2 aliphatic rings. The zero-order chi connectivity index (χ0) is 13.8. The van der Waals surface area contributed by atoms with Crippen LogP contribution in [0.15, 0.2) is 18.2 Å². The van der Waals surface area contributed by atoms with Crippen molar-refractivity contribution in [2.45, 2.75) is 38.4 Å². The van der Waals surface area contributed by atoms with E-state index >= 15 is 0 Å². The van der Waals surface area contributed by atoms with Crippen molar-refractivity contribution < 1.29 is 9.47 Å². The van der Waals surface area contributed by atoms with Gasteiger partial charge in [0.15, 0.2) is 6.29 Å². The van der Waals surface area contributed by atoms with Gasteiger partial charge in [-0.3, -0.25) is 0 Å². The lowest BCUT2D eigenvalue weighted by Crippen LogP contribution is -2.34. The maximum atomic E-state index is 5.87. The van der Waals surface area contributed by atoms with Gasteiger partial charge in [0.2, 0.25) is 0 Å². The van der Waals surface area contributed by atoms with Crippen LogP contribution in [0.3, 0.4) is 0 Å². The average Bonchev–Trinajstić information content (AvgIpc) is 2.48. The van der Waals surface area contributed by atoms with Crippen LogP contribution in [0.2, 0.25) is 0 Å². The molecule has 3 rings (SSSR count). The van der Waals surface area contributed by atoms with Crippen LogP contribution in [0.1, 0.15) is 31.2 Å². The van der Waals surface area contributed by atoms with Crippen molar-refractivity contribution in [3.63, 3.8) is 0 Å². The number of hydrogen-bond acceptors (Lipinski definition) is 4. The largest absolute Gasteiger partial charge is 0.399 e. The maximum Gasteiger partial charge on any atom is 0.157 e. The van der Waals surface area contributed by atoms with Crippen LogP contribution in [-0.4, -0.2) is 32.6 Å². The summed E-state index contributed by atoms with van der Waals surface area (Å²) < 4.78 is 11.4. The van der Waals surface area contributed by atoms with E-state index in [1.807, 2.05) is 6.07 Å². The van der Waals surface area contributed by atoms with Crippen molar-refractivity contribution in [3.05, 3.63) is 23.8 Å². The van der Waals surface area contributed by atoms with Gasteiger partial charge in [-0.15, -0.1) is 0 Å². The Labute approximate surface area is 120 Å². The smallest absolute Gasteiger partial charge is 0.157 e. The van der Waals surface area contributed by atoms with Gasteiger partial charge < -0.3 is 20.1 Å². The van der Waals surface area contributed by atoms with Crippen LogP contribution in [-0.2, 0) is 15.9 Å². The normalized spacial score (nSPS) is 22.6. The molecule has 0 amide bonds.